The highest BCUT2D eigenvalue weighted by atomic mass is 16.5. The van der Waals surface area contributed by atoms with Gasteiger partial charge in [-0.15, -0.1) is 0 Å². The summed E-state index contributed by atoms with van der Waals surface area (Å²) in [6.07, 6.45) is 5.54. The van der Waals surface area contributed by atoms with Crippen molar-refractivity contribution in [3.8, 4) is 17.1 Å². The number of imidazole rings is 1. The van der Waals surface area contributed by atoms with Crippen LogP contribution in [0.2, 0.25) is 0 Å². The molecule has 32 heavy (non-hydrogen) atoms. The number of hydrogen-bond donors (Lipinski definition) is 0. The maximum absolute atomic E-state index is 13.1. The lowest BCUT2D eigenvalue weighted by Crippen LogP contribution is -2.25. The lowest BCUT2D eigenvalue weighted by atomic mass is 9.96. The molecule has 0 unspecified atom stereocenters. The van der Waals surface area contributed by atoms with Crippen molar-refractivity contribution in [2.24, 2.45) is 7.05 Å². The van der Waals surface area contributed by atoms with E-state index in [1.165, 1.54) is 12.0 Å². The number of nitrogens with zero attached hydrogens (tertiary/aromatic N) is 4. The predicted molar refractivity (Wildman–Crippen MR) is 126 cm³/mol. The lowest BCUT2D eigenvalue weighted by Gasteiger charge is -2.26. The average molecular weight is 429 g/mol. The van der Waals surface area contributed by atoms with Crippen LogP contribution in [0.3, 0.4) is 0 Å². The van der Waals surface area contributed by atoms with Gasteiger partial charge in [-0.3, -0.25) is 9.13 Å². The largest absolute Gasteiger partial charge is 0.490 e. The minimum Gasteiger partial charge on any atom is -0.490 e. The number of aromatic nitrogens is 4. The van der Waals surface area contributed by atoms with E-state index in [-0.39, 0.29) is 5.69 Å². The fourth-order valence-corrected chi connectivity index (χ4v) is 4.23. The van der Waals surface area contributed by atoms with Crippen molar-refractivity contribution in [3.63, 3.8) is 0 Å². The monoisotopic (exact) mass is 428 g/mol. The van der Waals surface area contributed by atoms with E-state index in [0.717, 1.165) is 35.2 Å². The van der Waals surface area contributed by atoms with E-state index in [2.05, 4.69) is 24.9 Å². The zero-order chi connectivity index (χ0) is 22.2. The fraction of sp³-hybridized carbons (Fsp3) is 0.346. The van der Waals surface area contributed by atoms with Gasteiger partial charge in [-0.05, 0) is 48.4 Å². The number of benzene rings is 2. The van der Waals surface area contributed by atoms with E-state index in [1.54, 1.807) is 22.4 Å². The van der Waals surface area contributed by atoms with Gasteiger partial charge in [0.15, 0.2) is 11.5 Å². The van der Waals surface area contributed by atoms with E-state index in [9.17, 15) is 4.79 Å². The summed E-state index contributed by atoms with van der Waals surface area (Å²) in [6, 6.07) is 16.2. The maximum Gasteiger partial charge on any atom is 0.330 e. The molecule has 2 aromatic heterocycles. The Balaban J connectivity index is 1.55. The minimum absolute atomic E-state index is 0.103. The summed E-state index contributed by atoms with van der Waals surface area (Å²) in [4.78, 5) is 22.5. The van der Waals surface area contributed by atoms with Crippen LogP contribution in [0.5, 0.6) is 5.75 Å². The summed E-state index contributed by atoms with van der Waals surface area (Å²) >= 11 is 0. The third kappa shape index (κ3) is 3.70. The highest BCUT2D eigenvalue weighted by molar-refractivity contribution is 5.74. The standard InChI is InChI=1S/C26H28N4O2/c1-17(2)21-12-4-5-13-22(21)24-27-15-23-25(28-24)30(26(31)29(23)3)16-18-8-6-11-20(14-18)32-19-9-7-10-19/h4-6,8,11-15,17,19H,7,9-10,16H2,1-3H3. The van der Waals surface area contributed by atoms with Gasteiger partial charge in [0.25, 0.3) is 0 Å². The normalized spacial score (nSPS) is 14.1. The molecule has 1 saturated carbocycles. The van der Waals surface area contributed by atoms with E-state index >= 15 is 0 Å². The average Bonchev–Trinajstić information content (AvgIpc) is 3.01. The van der Waals surface area contributed by atoms with Crippen molar-refractivity contribution in [1.82, 2.24) is 19.1 Å². The molecule has 0 bridgehead atoms. The molecule has 0 N–H and O–H groups in total. The molecule has 6 nitrogen and oxygen atoms in total. The van der Waals surface area contributed by atoms with Gasteiger partial charge in [-0.25, -0.2) is 14.8 Å². The van der Waals surface area contributed by atoms with Gasteiger partial charge in [0, 0.05) is 12.6 Å². The van der Waals surface area contributed by atoms with E-state index in [4.69, 9.17) is 9.72 Å². The van der Waals surface area contributed by atoms with Crippen molar-refractivity contribution >= 4 is 11.2 Å². The highest BCUT2D eigenvalue weighted by Crippen LogP contribution is 2.28. The lowest BCUT2D eigenvalue weighted by molar-refractivity contribution is 0.120. The molecule has 6 heteroatoms. The molecule has 5 rings (SSSR count). The van der Waals surface area contributed by atoms with Crippen LogP contribution in [0.1, 0.15) is 50.2 Å². The van der Waals surface area contributed by atoms with Crippen LogP contribution in [-0.4, -0.2) is 25.2 Å². The van der Waals surface area contributed by atoms with Gasteiger partial charge in [-0.2, -0.15) is 0 Å². The molecule has 164 valence electrons. The topological polar surface area (TPSA) is 61.9 Å². The Morgan fingerprint density at radius 3 is 2.69 bits per heavy atom. The van der Waals surface area contributed by atoms with Crippen LogP contribution >= 0.6 is 0 Å². The molecule has 0 atom stereocenters. The van der Waals surface area contributed by atoms with Crippen LogP contribution in [0, 0.1) is 0 Å². The van der Waals surface area contributed by atoms with Gasteiger partial charge < -0.3 is 4.74 Å². The second-order valence-electron chi connectivity index (χ2n) is 8.89. The summed E-state index contributed by atoms with van der Waals surface area (Å²) in [7, 11) is 1.77. The van der Waals surface area contributed by atoms with Crippen LogP contribution in [0.15, 0.2) is 59.5 Å². The minimum atomic E-state index is -0.103. The number of rotatable bonds is 6. The van der Waals surface area contributed by atoms with Gasteiger partial charge >= 0.3 is 5.69 Å². The highest BCUT2D eigenvalue weighted by Gasteiger charge is 2.20. The van der Waals surface area contributed by atoms with Gasteiger partial charge in [-0.1, -0.05) is 50.2 Å². The summed E-state index contributed by atoms with van der Waals surface area (Å²) in [6.45, 7) is 4.75. The smallest absolute Gasteiger partial charge is 0.330 e. The molecule has 1 fully saturated rings. The second-order valence-corrected chi connectivity index (χ2v) is 8.89. The maximum atomic E-state index is 13.1. The summed E-state index contributed by atoms with van der Waals surface area (Å²) in [5, 5.41) is 0. The Kier molecular flexibility index (Phi) is 5.29. The van der Waals surface area contributed by atoms with Crippen LogP contribution in [0.25, 0.3) is 22.6 Å². The quantitative estimate of drug-likeness (QED) is 0.438. The number of hydrogen-bond acceptors (Lipinski definition) is 4. The molecular formula is C26H28N4O2. The third-order valence-corrected chi connectivity index (χ3v) is 6.30. The van der Waals surface area contributed by atoms with Crippen LogP contribution in [-0.2, 0) is 13.6 Å². The molecule has 0 amide bonds. The Labute approximate surface area is 187 Å². The van der Waals surface area contributed by atoms with Crippen molar-refractivity contribution in [2.45, 2.75) is 51.7 Å². The summed E-state index contributed by atoms with van der Waals surface area (Å²) in [5.41, 5.74) is 4.47. The molecule has 0 saturated heterocycles. The zero-order valence-electron chi connectivity index (χ0n) is 18.8. The second kappa shape index (κ2) is 8.26. The van der Waals surface area contributed by atoms with Crippen LogP contribution in [0.4, 0.5) is 0 Å². The van der Waals surface area contributed by atoms with Crippen LogP contribution < -0.4 is 10.4 Å². The molecular weight excluding hydrogens is 400 g/mol. The predicted octanol–water partition coefficient (Wildman–Crippen LogP) is 4.90. The molecule has 1 aliphatic carbocycles. The van der Waals surface area contributed by atoms with E-state index < -0.39 is 0 Å². The zero-order valence-corrected chi connectivity index (χ0v) is 18.8. The summed E-state index contributed by atoms with van der Waals surface area (Å²) < 4.78 is 9.38. The fourth-order valence-electron chi connectivity index (χ4n) is 4.23. The molecule has 1 aliphatic rings. The Hall–Kier alpha value is -3.41. The first kappa shape index (κ1) is 20.5. The number of ether oxygens (including phenoxy) is 1. The van der Waals surface area contributed by atoms with E-state index in [1.807, 2.05) is 42.5 Å². The molecule has 0 radical (unpaired) electrons. The SMILES string of the molecule is CC(C)c1ccccc1-c1ncc2c(n1)n(Cc1cccc(OC3CCC3)c1)c(=O)n2C. The summed E-state index contributed by atoms with van der Waals surface area (Å²) in [5.74, 6) is 1.85. The van der Waals surface area contributed by atoms with E-state index in [0.29, 0.717) is 30.0 Å². The molecule has 2 aromatic carbocycles. The first-order chi connectivity index (χ1) is 15.5. The first-order valence-electron chi connectivity index (χ1n) is 11.3. The van der Waals surface area contributed by atoms with Crippen molar-refractivity contribution in [2.75, 3.05) is 0 Å². The van der Waals surface area contributed by atoms with Gasteiger partial charge in [0.2, 0.25) is 0 Å². The van der Waals surface area contributed by atoms with Crippen molar-refractivity contribution < 1.29 is 4.74 Å². The van der Waals surface area contributed by atoms with Gasteiger partial charge in [0.05, 0.1) is 18.8 Å². The first-order valence-corrected chi connectivity index (χ1v) is 11.3. The Bertz CT molecular complexity index is 1330. The van der Waals surface area contributed by atoms with Gasteiger partial charge in [0.1, 0.15) is 11.3 Å². The molecule has 0 aliphatic heterocycles. The third-order valence-electron chi connectivity index (χ3n) is 6.30. The number of fused-ring (bicyclic) bond motifs is 1. The number of aryl methyl sites for hydroxylation is 1. The van der Waals surface area contributed by atoms with Crippen molar-refractivity contribution in [1.29, 1.82) is 0 Å². The molecule has 4 aromatic rings. The molecule has 0 spiro atoms. The van der Waals surface area contributed by atoms with Crippen molar-refractivity contribution in [3.05, 3.63) is 76.3 Å². The Morgan fingerprint density at radius 2 is 1.94 bits per heavy atom. The Morgan fingerprint density at radius 1 is 1.12 bits per heavy atom. The molecule has 2 heterocycles.